The van der Waals surface area contributed by atoms with E-state index in [9.17, 15) is 20.4 Å². The van der Waals surface area contributed by atoms with E-state index in [-0.39, 0.29) is 15.2 Å². The molecule has 0 aliphatic rings. The number of aromatic nitrogens is 2. The highest BCUT2D eigenvalue weighted by Gasteiger charge is 2.21. The maximum Gasteiger partial charge on any atom is 0.174 e. The molecule has 0 bridgehead atoms. The first-order valence-electron chi connectivity index (χ1n) is 20.3. The van der Waals surface area contributed by atoms with Crippen molar-refractivity contribution in [2.75, 3.05) is 12.8 Å². The molecule has 0 aliphatic carbocycles. The maximum absolute atomic E-state index is 10.7. The zero-order chi connectivity index (χ0) is 38.7. The van der Waals surface area contributed by atoms with E-state index in [2.05, 4.69) is 113 Å². The minimum absolute atomic E-state index is 0.214. The number of benzene rings is 2. The van der Waals surface area contributed by atoms with Gasteiger partial charge in [0.2, 0.25) is 0 Å². The van der Waals surface area contributed by atoms with E-state index in [1.165, 1.54) is 22.3 Å². The van der Waals surface area contributed by atoms with Gasteiger partial charge in [-0.15, -0.1) is 0 Å². The van der Waals surface area contributed by atoms with E-state index in [0.29, 0.717) is 68.8 Å². The lowest BCUT2D eigenvalue weighted by atomic mass is 9.85. The van der Waals surface area contributed by atoms with Gasteiger partial charge in [0.15, 0.2) is 37.9 Å². The van der Waals surface area contributed by atoms with Gasteiger partial charge in [0.1, 0.15) is 12.2 Å². The van der Waals surface area contributed by atoms with Crippen LogP contribution in [0.5, 0.6) is 0 Å². The third-order valence-electron chi connectivity index (χ3n) is 10.9. The van der Waals surface area contributed by atoms with Gasteiger partial charge in [0.25, 0.3) is 0 Å². The standard InChI is InChI=1S/C46H67N2O5P/c1-5-37(41-15-11-8-12-16-41)30-36(4)40-17-23-47(24-18-40)33-45(51)31-43(49)21-27-53-54-28-22-44(50)32-46(52)34-48-25-19-42(20-26-48)38(6-2)29-35(3)39-13-9-7-10-14-39/h7-20,23-26,35-38,43-46,49-52,54H,5-6,21-22,27-34H2,1-4H3/q+2. The van der Waals surface area contributed by atoms with Crippen molar-refractivity contribution >= 4 is 8.81 Å². The molecular weight excluding hydrogens is 691 g/mol. The summed E-state index contributed by atoms with van der Waals surface area (Å²) >= 11 is 0. The van der Waals surface area contributed by atoms with Crippen molar-refractivity contribution in [3.63, 3.8) is 0 Å². The Kier molecular flexibility index (Phi) is 19.3. The summed E-state index contributed by atoms with van der Waals surface area (Å²) in [5.74, 6) is 1.93. The predicted molar refractivity (Wildman–Crippen MR) is 220 cm³/mol. The summed E-state index contributed by atoms with van der Waals surface area (Å²) < 4.78 is 9.72. The Bertz CT molecular complexity index is 1560. The Balaban J connectivity index is 1.05. The molecule has 4 rings (SSSR count). The van der Waals surface area contributed by atoms with Crippen molar-refractivity contribution in [3.05, 3.63) is 132 Å². The smallest absolute Gasteiger partial charge is 0.174 e. The fourth-order valence-electron chi connectivity index (χ4n) is 7.56. The van der Waals surface area contributed by atoms with Crippen LogP contribution in [0.2, 0.25) is 0 Å². The third-order valence-corrected chi connectivity index (χ3v) is 11.8. The number of pyridine rings is 2. The molecule has 294 valence electrons. The molecule has 4 aromatic rings. The molecule has 0 amide bonds. The Hall–Kier alpha value is -3.03. The minimum Gasteiger partial charge on any atom is -0.393 e. The molecule has 54 heavy (non-hydrogen) atoms. The Morgan fingerprint density at radius 2 is 0.926 bits per heavy atom. The average molecular weight is 759 g/mol. The van der Waals surface area contributed by atoms with Crippen LogP contribution in [0.25, 0.3) is 0 Å². The summed E-state index contributed by atoms with van der Waals surface area (Å²) in [4.78, 5) is 0. The van der Waals surface area contributed by atoms with Gasteiger partial charge in [-0.3, -0.25) is 0 Å². The summed E-state index contributed by atoms with van der Waals surface area (Å²) in [7, 11) is 0.214. The van der Waals surface area contributed by atoms with Gasteiger partial charge in [-0.05, 0) is 90.6 Å². The van der Waals surface area contributed by atoms with Crippen LogP contribution in [0.3, 0.4) is 0 Å². The number of aliphatic hydroxyl groups excluding tert-OH is 4. The van der Waals surface area contributed by atoms with Crippen molar-refractivity contribution in [2.24, 2.45) is 0 Å². The van der Waals surface area contributed by atoms with Gasteiger partial charge in [-0.1, -0.05) is 88.4 Å². The van der Waals surface area contributed by atoms with E-state index in [1.807, 2.05) is 33.9 Å². The molecule has 0 radical (unpaired) electrons. The molecule has 0 saturated heterocycles. The summed E-state index contributed by atoms with van der Waals surface area (Å²) in [5.41, 5.74) is 5.39. The molecule has 0 saturated carbocycles. The quantitative estimate of drug-likeness (QED) is 0.0313. The normalized spacial score (nSPS) is 16.4. The van der Waals surface area contributed by atoms with Crippen LogP contribution in [-0.4, -0.2) is 57.6 Å². The number of hydrogen-bond acceptors (Lipinski definition) is 5. The predicted octanol–water partition coefficient (Wildman–Crippen LogP) is 7.95. The summed E-state index contributed by atoms with van der Waals surface area (Å²) in [6, 6.07) is 30.0. The molecule has 8 heteroatoms. The first-order chi connectivity index (χ1) is 26.1. The van der Waals surface area contributed by atoms with Crippen molar-refractivity contribution in [2.45, 2.75) is 140 Å². The molecule has 2 heterocycles. The van der Waals surface area contributed by atoms with Gasteiger partial charge in [0.05, 0.1) is 18.8 Å². The lowest BCUT2D eigenvalue weighted by Crippen LogP contribution is -2.40. The Morgan fingerprint density at radius 3 is 1.41 bits per heavy atom. The molecular formula is C46H67N2O5P+2. The second-order valence-electron chi connectivity index (χ2n) is 15.4. The summed E-state index contributed by atoms with van der Waals surface area (Å²) in [6.45, 7) is 10.3. The van der Waals surface area contributed by atoms with Crippen LogP contribution in [0, 0.1) is 0 Å². The summed E-state index contributed by atoms with van der Waals surface area (Å²) in [5, 5.41) is 42.3. The zero-order valence-electron chi connectivity index (χ0n) is 33.1. The van der Waals surface area contributed by atoms with E-state index in [4.69, 9.17) is 4.52 Å². The number of nitrogens with zero attached hydrogens (tertiary/aromatic N) is 2. The first-order valence-corrected chi connectivity index (χ1v) is 21.4. The lowest BCUT2D eigenvalue weighted by Gasteiger charge is -2.20. The number of aliphatic hydroxyl groups is 4. The van der Waals surface area contributed by atoms with Gasteiger partial charge in [-0.25, -0.2) is 9.13 Å². The first kappa shape index (κ1) is 43.7. The van der Waals surface area contributed by atoms with Crippen LogP contribution in [0.1, 0.15) is 125 Å². The fraction of sp³-hybridized carbons (Fsp3) is 0.522. The average Bonchev–Trinajstić information content (AvgIpc) is 3.18. The monoisotopic (exact) mass is 758 g/mol. The van der Waals surface area contributed by atoms with Crippen molar-refractivity contribution in [1.82, 2.24) is 0 Å². The molecule has 7 nitrogen and oxygen atoms in total. The van der Waals surface area contributed by atoms with E-state index in [1.54, 1.807) is 0 Å². The van der Waals surface area contributed by atoms with E-state index >= 15 is 0 Å². The van der Waals surface area contributed by atoms with Crippen molar-refractivity contribution in [1.29, 1.82) is 0 Å². The van der Waals surface area contributed by atoms with E-state index < -0.39 is 24.4 Å². The van der Waals surface area contributed by atoms with Crippen LogP contribution in [-0.2, 0) is 17.6 Å². The Morgan fingerprint density at radius 1 is 0.519 bits per heavy atom. The SMILES string of the molecule is CCC(CC(C)c1cc[n+](CC(O)CC(O)CCOPCCC(O)CC(O)C[n+]2ccc(C(CC)CC(C)c3ccccc3)cc2)cc1)c1ccccc1. The van der Waals surface area contributed by atoms with Crippen LogP contribution >= 0.6 is 8.81 Å². The number of hydrogen-bond donors (Lipinski definition) is 4. The molecule has 0 spiro atoms. The third kappa shape index (κ3) is 15.2. The van der Waals surface area contributed by atoms with Crippen LogP contribution in [0.15, 0.2) is 110 Å². The Labute approximate surface area is 327 Å². The second kappa shape index (κ2) is 23.8. The number of rotatable bonds is 25. The van der Waals surface area contributed by atoms with Crippen LogP contribution < -0.4 is 9.13 Å². The lowest BCUT2D eigenvalue weighted by molar-refractivity contribution is -0.704. The maximum atomic E-state index is 10.7. The topological polar surface area (TPSA) is 97.9 Å². The molecule has 9 unspecified atom stereocenters. The largest absolute Gasteiger partial charge is 0.393 e. The highest BCUT2D eigenvalue weighted by molar-refractivity contribution is 7.32. The molecule has 2 aromatic carbocycles. The van der Waals surface area contributed by atoms with Gasteiger partial charge < -0.3 is 24.9 Å². The summed E-state index contributed by atoms with van der Waals surface area (Å²) in [6.07, 6.45) is 12.3. The van der Waals surface area contributed by atoms with Gasteiger partial charge >= 0.3 is 0 Å². The fourth-order valence-corrected chi connectivity index (χ4v) is 8.41. The van der Waals surface area contributed by atoms with Crippen LogP contribution in [0.4, 0.5) is 0 Å². The van der Waals surface area contributed by atoms with Gasteiger partial charge in [0, 0.05) is 45.9 Å². The van der Waals surface area contributed by atoms with E-state index in [0.717, 1.165) is 25.7 Å². The molecule has 9 atom stereocenters. The highest BCUT2D eigenvalue weighted by Crippen LogP contribution is 2.32. The second-order valence-corrected chi connectivity index (χ2v) is 16.4. The van der Waals surface area contributed by atoms with Crippen molar-refractivity contribution in [3.8, 4) is 0 Å². The zero-order valence-corrected chi connectivity index (χ0v) is 34.1. The molecule has 4 N–H and O–H groups in total. The molecule has 0 fully saturated rings. The minimum atomic E-state index is -0.655. The molecule has 0 aliphatic heterocycles. The van der Waals surface area contributed by atoms with Gasteiger partial charge in [-0.2, -0.15) is 0 Å². The molecule has 2 aromatic heterocycles. The highest BCUT2D eigenvalue weighted by atomic mass is 31.1. The van der Waals surface area contributed by atoms with Crippen molar-refractivity contribution < 1.29 is 34.1 Å².